The van der Waals surface area contributed by atoms with Crippen molar-refractivity contribution in [2.75, 3.05) is 7.11 Å². The quantitative estimate of drug-likeness (QED) is 0.664. The molecule has 0 aliphatic heterocycles. The zero-order chi connectivity index (χ0) is 14.7. The molecule has 0 aliphatic rings. The maximum Gasteiger partial charge on any atom is 0.343 e. The molecular formula is C15H14O5. The molecule has 0 saturated carbocycles. The highest BCUT2D eigenvalue weighted by molar-refractivity contribution is 5.92. The van der Waals surface area contributed by atoms with Gasteiger partial charge in [-0.05, 0) is 36.8 Å². The molecule has 0 spiro atoms. The predicted octanol–water partition coefficient (Wildman–Crippen LogP) is 2.63. The van der Waals surface area contributed by atoms with Crippen molar-refractivity contribution in [1.29, 1.82) is 0 Å². The van der Waals surface area contributed by atoms with Crippen LogP contribution in [0.2, 0.25) is 0 Å². The first kappa shape index (κ1) is 13.7. The second-order valence-corrected chi connectivity index (χ2v) is 4.31. The van der Waals surface area contributed by atoms with E-state index in [1.54, 1.807) is 18.2 Å². The first-order valence-electron chi connectivity index (χ1n) is 5.89. The average molecular weight is 274 g/mol. The Labute approximate surface area is 116 Å². The van der Waals surface area contributed by atoms with E-state index < -0.39 is 5.97 Å². The molecule has 0 atom stereocenters. The van der Waals surface area contributed by atoms with E-state index in [4.69, 9.17) is 9.47 Å². The molecule has 0 aliphatic carbocycles. The smallest absolute Gasteiger partial charge is 0.343 e. The Morgan fingerprint density at radius 1 is 0.950 bits per heavy atom. The molecule has 0 aromatic heterocycles. The molecule has 104 valence electrons. The van der Waals surface area contributed by atoms with Gasteiger partial charge in [-0.1, -0.05) is 0 Å². The van der Waals surface area contributed by atoms with Crippen LogP contribution in [0.4, 0.5) is 0 Å². The number of methoxy groups -OCH3 is 1. The SMILES string of the molecule is COc1cc(C)cc(OC(=O)c2cc(O)cc(O)c2)c1. The van der Waals surface area contributed by atoms with Crippen molar-refractivity contribution >= 4 is 5.97 Å². The highest BCUT2D eigenvalue weighted by Gasteiger charge is 2.12. The fourth-order valence-corrected chi connectivity index (χ4v) is 1.77. The third-order valence-corrected chi connectivity index (χ3v) is 2.61. The van der Waals surface area contributed by atoms with Crippen LogP contribution < -0.4 is 9.47 Å². The van der Waals surface area contributed by atoms with E-state index in [9.17, 15) is 15.0 Å². The van der Waals surface area contributed by atoms with Crippen LogP contribution in [0.3, 0.4) is 0 Å². The molecule has 2 rings (SSSR count). The van der Waals surface area contributed by atoms with E-state index in [2.05, 4.69) is 0 Å². The van der Waals surface area contributed by atoms with Crippen molar-refractivity contribution in [2.24, 2.45) is 0 Å². The van der Waals surface area contributed by atoms with Crippen LogP contribution in [0.1, 0.15) is 15.9 Å². The Bertz CT molecular complexity index is 628. The van der Waals surface area contributed by atoms with Crippen LogP contribution in [0, 0.1) is 6.92 Å². The van der Waals surface area contributed by atoms with E-state index in [0.717, 1.165) is 11.6 Å². The second kappa shape index (κ2) is 5.52. The van der Waals surface area contributed by atoms with Gasteiger partial charge in [0.25, 0.3) is 0 Å². The van der Waals surface area contributed by atoms with Crippen molar-refractivity contribution < 1.29 is 24.5 Å². The average Bonchev–Trinajstić information content (AvgIpc) is 2.36. The van der Waals surface area contributed by atoms with Crippen molar-refractivity contribution in [3.8, 4) is 23.0 Å². The van der Waals surface area contributed by atoms with Crippen molar-refractivity contribution in [2.45, 2.75) is 6.92 Å². The van der Waals surface area contributed by atoms with Gasteiger partial charge in [0.15, 0.2) is 0 Å². The minimum Gasteiger partial charge on any atom is -0.508 e. The standard InChI is InChI=1S/C15H14O5/c1-9-3-13(19-2)8-14(4-9)20-15(18)10-5-11(16)7-12(17)6-10/h3-8,16-17H,1-2H3. The predicted molar refractivity (Wildman–Crippen MR) is 72.5 cm³/mol. The number of aryl methyl sites for hydroxylation is 1. The van der Waals surface area contributed by atoms with E-state index in [-0.39, 0.29) is 17.1 Å². The summed E-state index contributed by atoms with van der Waals surface area (Å²) in [4.78, 5) is 11.9. The van der Waals surface area contributed by atoms with Crippen LogP contribution in [0.15, 0.2) is 36.4 Å². The minimum atomic E-state index is -0.677. The molecule has 2 N–H and O–H groups in total. The molecule has 0 bridgehead atoms. The molecule has 2 aromatic carbocycles. The summed E-state index contributed by atoms with van der Waals surface area (Å²) in [6.45, 7) is 1.85. The molecule has 0 radical (unpaired) electrons. The number of esters is 1. The van der Waals surface area contributed by atoms with Gasteiger partial charge in [0.2, 0.25) is 0 Å². The summed E-state index contributed by atoms with van der Waals surface area (Å²) < 4.78 is 10.3. The lowest BCUT2D eigenvalue weighted by atomic mass is 10.2. The number of hydrogen-bond acceptors (Lipinski definition) is 5. The molecule has 2 aromatic rings. The Kier molecular flexibility index (Phi) is 3.79. The highest BCUT2D eigenvalue weighted by Crippen LogP contribution is 2.25. The largest absolute Gasteiger partial charge is 0.508 e. The topological polar surface area (TPSA) is 76.0 Å². The van der Waals surface area contributed by atoms with Crippen molar-refractivity contribution in [3.63, 3.8) is 0 Å². The van der Waals surface area contributed by atoms with Crippen molar-refractivity contribution in [1.82, 2.24) is 0 Å². The number of benzene rings is 2. The third-order valence-electron chi connectivity index (χ3n) is 2.61. The number of ether oxygens (including phenoxy) is 2. The van der Waals surface area contributed by atoms with E-state index in [0.29, 0.717) is 11.5 Å². The number of phenols is 2. The lowest BCUT2D eigenvalue weighted by Crippen LogP contribution is -2.08. The Morgan fingerprint density at radius 2 is 1.55 bits per heavy atom. The molecule has 20 heavy (non-hydrogen) atoms. The third kappa shape index (κ3) is 3.20. The van der Waals surface area contributed by atoms with Crippen LogP contribution >= 0.6 is 0 Å². The second-order valence-electron chi connectivity index (χ2n) is 4.31. The minimum absolute atomic E-state index is 0.0583. The van der Waals surface area contributed by atoms with Gasteiger partial charge in [0, 0.05) is 12.1 Å². The van der Waals surface area contributed by atoms with Gasteiger partial charge in [-0.15, -0.1) is 0 Å². The number of aromatic hydroxyl groups is 2. The summed E-state index contributed by atoms with van der Waals surface area (Å²) in [5.41, 5.74) is 0.939. The number of carbonyl (C=O) groups excluding carboxylic acids is 1. The number of hydrogen-bond donors (Lipinski definition) is 2. The fraction of sp³-hybridized carbons (Fsp3) is 0.133. The van der Waals surface area contributed by atoms with Gasteiger partial charge in [-0.2, -0.15) is 0 Å². The highest BCUT2D eigenvalue weighted by atomic mass is 16.5. The first-order valence-corrected chi connectivity index (χ1v) is 5.89. The number of phenolic OH excluding ortho intramolecular Hbond substituents is 2. The lowest BCUT2D eigenvalue weighted by Gasteiger charge is -2.08. The number of carbonyl (C=O) groups is 1. The summed E-state index contributed by atoms with van der Waals surface area (Å²) in [5, 5.41) is 18.7. The maximum absolute atomic E-state index is 11.9. The summed E-state index contributed by atoms with van der Waals surface area (Å²) in [5.74, 6) is -0.192. The molecule has 0 saturated heterocycles. The Morgan fingerprint density at radius 3 is 2.15 bits per heavy atom. The molecule has 5 nitrogen and oxygen atoms in total. The zero-order valence-electron chi connectivity index (χ0n) is 11.1. The first-order chi connectivity index (χ1) is 9.47. The van der Waals surface area contributed by atoms with E-state index in [1.165, 1.54) is 19.2 Å². The molecule has 0 fully saturated rings. The summed E-state index contributed by atoms with van der Waals surface area (Å²) >= 11 is 0. The Hall–Kier alpha value is -2.69. The zero-order valence-corrected chi connectivity index (χ0v) is 11.1. The van der Waals surface area contributed by atoms with Gasteiger partial charge in [-0.25, -0.2) is 4.79 Å². The maximum atomic E-state index is 11.9. The summed E-state index contributed by atoms with van der Waals surface area (Å²) in [7, 11) is 1.52. The molecule has 0 amide bonds. The summed E-state index contributed by atoms with van der Waals surface area (Å²) in [6.07, 6.45) is 0. The van der Waals surface area contributed by atoms with Crippen molar-refractivity contribution in [3.05, 3.63) is 47.5 Å². The molecule has 5 heteroatoms. The number of rotatable bonds is 3. The van der Waals surface area contributed by atoms with Crippen LogP contribution in [-0.4, -0.2) is 23.3 Å². The van der Waals surface area contributed by atoms with Gasteiger partial charge < -0.3 is 19.7 Å². The van der Waals surface area contributed by atoms with Gasteiger partial charge in [0.05, 0.1) is 12.7 Å². The summed E-state index contributed by atoms with van der Waals surface area (Å²) in [6, 6.07) is 8.63. The normalized spacial score (nSPS) is 10.1. The van der Waals surface area contributed by atoms with Crippen LogP contribution in [-0.2, 0) is 0 Å². The Balaban J connectivity index is 2.25. The van der Waals surface area contributed by atoms with E-state index >= 15 is 0 Å². The fourth-order valence-electron chi connectivity index (χ4n) is 1.77. The van der Waals surface area contributed by atoms with E-state index in [1.807, 2.05) is 6.92 Å². The molecular weight excluding hydrogens is 260 g/mol. The molecule has 0 heterocycles. The van der Waals surface area contributed by atoms with Gasteiger partial charge in [0.1, 0.15) is 23.0 Å². The van der Waals surface area contributed by atoms with Crippen LogP contribution in [0.5, 0.6) is 23.0 Å². The van der Waals surface area contributed by atoms with Gasteiger partial charge in [-0.3, -0.25) is 0 Å². The lowest BCUT2D eigenvalue weighted by molar-refractivity contribution is 0.0733. The molecule has 0 unspecified atom stereocenters. The monoisotopic (exact) mass is 274 g/mol. The van der Waals surface area contributed by atoms with Crippen LogP contribution in [0.25, 0.3) is 0 Å². The van der Waals surface area contributed by atoms with Gasteiger partial charge >= 0.3 is 5.97 Å².